The Kier molecular flexibility index (Phi) is 5.03. The second-order valence-corrected chi connectivity index (χ2v) is 6.03. The molecule has 6 heteroatoms. The van der Waals surface area contributed by atoms with Gasteiger partial charge in [-0.2, -0.15) is 0 Å². The van der Waals surface area contributed by atoms with Crippen molar-refractivity contribution < 1.29 is 18.4 Å². The van der Waals surface area contributed by atoms with Crippen LogP contribution in [0.1, 0.15) is 41.1 Å². The lowest BCUT2D eigenvalue weighted by molar-refractivity contribution is -0.130. The van der Waals surface area contributed by atoms with E-state index < -0.39 is 0 Å². The standard InChI is InChI=1S/C18H22N2O4/c1-14-16(7-12-23-14)18(22)20(13-15-5-4-11-24-15)10-6-17(21)19-8-2-3-9-19/h4-5,7,11-12H,2-3,6,8-10,13H2,1H3. The van der Waals surface area contributed by atoms with Crippen LogP contribution in [0.25, 0.3) is 0 Å². The molecule has 0 aliphatic carbocycles. The predicted molar refractivity (Wildman–Crippen MR) is 87.3 cm³/mol. The molecule has 1 saturated heterocycles. The van der Waals surface area contributed by atoms with Crippen molar-refractivity contribution in [2.45, 2.75) is 32.7 Å². The van der Waals surface area contributed by atoms with Gasteiger partial charge in [-0.3, -0.25) is 9.59 Å². The van der Waals surface area contributed by atoms with Crippen molar-refractivity contribution in [2.75, 3.05) is 19.6 Å². The molecule has 2 aromatic rings. The fraction of sp³-hybridized carbons (Fsp3) is 0.444. The fourth-order valence-electron chi connectivity index (χ4n) is 2.98. The Morgan fingerprint density at radius 1 is 1.17 bits per heavy atom. The average molecular weight is 330 g/mol. The molecule has 0 atom stereocenters. The van der Waals surface area contributed by atoms with Gasteiger partial charge in [0, 0.05) is 26.1 Å². The average Bonchev–Trinajstić information content (AvgIpc) is 3.32. The summed E-state index contributed by atoms with van der Waals surface area (Å²) >= 11 is 0. The van der Waals surface area contributed by atoms with E-state index in [1.165, 1.54) is 6.26 Å². The predicted octanol–water partition coefficient (Wildman–Crippen LogP) is 2.84. The number of carbonyl (C=O) groups is 2. The third-order valence-electron chi connectivity index (χ3n) is 4.36. The van der Waals surface area contributed by atoms with Crippen LogP contribution in [0, 0.1) is 6.92 Å². The Labute approximate surface area is 141 Å². The summed E-state index contributed by atoms with van der Waals surface area (Å²) in [6, 6.07) is 5.27. The van der Waals surface area contributed by atoms with Crippen LogP contribution in [-0.2, 0) is 11.3 Å². The minimum Gasteiger partial charge on any atom is -0.469 e. The zero-order chi connectivity index (χ0) is 16.9. The van der Waals surface area contributed by atoms with Gasteiger partial charge < -0.3 is 18.6 Å². The Morgan fingerprint density at radius 3 is 2.58 bits per heavy atom. The van der Waals surface area contributed by atoms with Gasteiger partial charge in [0.2, 0.25) is 5.91 Å². The fourth-order valence-corrected chi connectivity index (χ4v) is 2.98. The van der Waals surface area contributed by atoms with Gasteiger partial charge in [-0.05, 0) is 38.0 Å². The molecule has 1 aliphatic heterocycles. The van der Waals surface area contributed by atoms with Gasteiger partial charge in [0.05, 0.1) is 24.6 Å². The Morgan fingerprint density at radius 2 is 1.96 bits per heavy atom. The van der Waals surface area contributed by atoms with E-state index in [1.54, 1.807) is 30.2 Å². The zero-order valence-corrected chi connectivity index (χ0v) is 13.9. The first-order valence-corrected chi connectivity index (χ1v) is 8.28. The number of hydrogen-bond donors (Lipinski definition) is 0. The Balaban J connectivity index is 1.68. The lowest BCUT2D eigenvalue weighted by Gasteiger charge is -2.23. The van der Waals surface area contributed by atoms with Gasteiger partial charge >= 0.3 is 0 Å². The molecular formula is C18H22N2O4. The first kappa shape index (κ1) is 16.4. The van der Waals surface area contributed by atoms with Crippen LogP contribution in [0.4, 0.5) is 0 Å². The summed E-state index contributed by atoms with van der Waals surface area (Å²) in [6.45, 7) is 4.11. The molecule has 0 spiro atoms. The molecule has 0 bridgehead atoms. The summed E-state index contributed by atoms with van der Waals surface area (Å²) < 4.78 is 10.6. The monoisotopic (exact) mass is 330 g/mol. The number of aryl methyl sites for hydroxylation is 1. The molecule has 24 heavy (non-hydrogen) atoms. The maximum Gasteiger partial charge on any atom is 0.257 e. The van der Waals surface area contributed by atoms with Gasteiger partial charge in [0.15, 0.2) is 0 Å². The van der Waals surface area contributed by atoms with E-state index in [0.717, 1.165) is 25.9 Å². The van der Waals surface area contributed by atoms with Crippen LogP contribution in [0.3, 0.4) is 0 Å². The van der Waals surface area contributed by atoms with Crippen LogP contribution in [0.5, 0.6) is 0 Å². The molecule has 0 N–H and O–H groups in total. The van der Waals surface area contributed by atoms with Crippen LogP contribution in [0.15, 0.2) is 39.6 Å². The molecule has 1 fully saturated rings. The zero-order valence-electron chi connectivity index (χ0n) is 13.9. The molecule has 0 radical (unpaired) electrons. The molecule has 0 aromatic carbocycles. The number of nitrogens with zero attached hydrogens (tertiary/aromatic N) is 2. The minimum atomic E-state index is -0.146. The van der Waals surface area contributed by atoms with Gasteiger partial charge in [-0.15, -0.1) is 0 Å². The highest BCUT2D eigenvalue weighted by Gasteiger charge is 2.23. The lowest BCUT2D eigenvalue weighted by atomic mass is 10.2. The molecule has 0 unspecified atom stereocenters. The van der Waals surface area contributed by atoms with Crippen LogP contribution >= 0.6 is 0 Å². The highest BCUT2D eigenvalue weighted by Crippen LogP contribution is 2.16. The van der Waals surface area contributed by atoms with Crippen LogP contribution < -0.4 is 0 Å². The lowest BCUT2D eigenvalue weighted by Crippen LogP contribution is -2.36. The second-order valence-electron chi connectivity index (χ2n) is 6.03. The largest absolute Gasteiger partial charge is 0.469 e. The van der Waals surface area contributed by atoms with Crippen molar-refractivity contribution in [2.24, 2.45) is 0 Å². The smallest absolute Gasteiger partial charge is 0.257 e. The topological polar surface area (TPSA) is 66.9 Å². The van der Waals surface area contributed by atoms with Gasteiger partial charge in [-0.25, -0.2) is 0 Å². The van der Waals surface area contributed by atoms with E-state index in [0.29, 0.717) is 36.6 Å². The number of carbonyl (C=O) groups excluding carboxylic acids is 2. The van der Waals surface area contributed by atoms with Crippen molar-refractivity contribution in [3.63, 3.8) is 0 Å². The van der Waals surface area contributed by atoms with Crippen molar-refractivity contribution in [3.8, 4) is 0 Å². The van der Waals surface area contributed by atoms with Gasteiger partial charge in [0.1, 0.15) is 11.5 Å². The highest BCUT2D eigenvalue weighted by molar-refractivity contribution is 5.95. The quantitative estimate of drug-likeness (QED) is 0.817. The number of rotatable bonds is 6. The molecule has 2 amide bonds. The third kappa shape index (κ3) is 3.69. The second kappa shape index (κ2) is 7.38. The van der Waals surface area contributed by atoms with Crippen molar-refractivity contribution in [3.05, 3.63) is 47.8 Å². The van der Waals surface area contributed by atoms with E-state index in [1.807, 2.05) is 11.0 Å². The maximum atomic E-state index is 12.8. The van der Waals surface area contributed by atoms with Crippen molar-refractivity contribution >= 4 is 11.8 Å². The first-order chi connectivity index (χ1) is 11.6. The molecule has 3 rings (SSSR count). The molecule has 128 valence electrons. The number of hydrogen-bond acceptors (Lipinski definition) is 4. The minimum absolute atomic E-state index is 0.105. The molecule has 0 saturated carbocycles. The maximum absolute atomic E-state index is 12.8. The first-order valence-electron chi connectivity index (χ1n) is 8.28. The number of furan rings is 2. The van der Waals surface area contributed by atoms with Crippen molar-refractivity contribution in [1.82, 2.24) is 9.80 Å². The van der Waals surface area contributed by atoms with Crippen LogP contribution in [0.2, 0.25) is 0 Å². The third-order valence-corrected chi connectivity index (χ3v) is 4.36. The highest BCUT2D eigenvalue weighted by atomic mass is 16.3. The van der Waals surface area contributed by atoms with Crippen molar-refractivity contribution in [1.29, 1.82) is 0 Å². The SMILES string of the molecule is Cc1occc1C(=O)N(CCC(=O)N1CCCC1)Cc1ccco1. The van der Waals surface area contributed by atoms with E-state index in [4.69, 9.17) is 8.83 Å². The summed E-state index contributed by atoms with van der Waals surface area (Å²) in [5.41, 5.74) is 0.523. The molecule has 2 aromatic heterocycles. The molecule has 3 heterocycles. The normalized spacial score (nSPS) is 14.1. The van der Waals surface area contributed by atoms with E-state index in [9.17, 15) is 9.59 Å². The number of amides is 2. The summed E-state index contributed by atoms with van der Waals surface area (Å²) in [6.07, 6.45) is 5.53. The Bertz CT molecular complexity index is 684. The molecule has 1 aliphatic rings. The van der Waals surface area contributed by atoms with E-state index >= 15 is 0 Å². The van der Waals surface area contributed by atoms with Gasteiger partial charge in [0.25, 0.3) is 5.91 Å². The Hall–Kier alpha value is -2.50. The summed E-state index contributed by atoms with van der Waals surface area (Å²) in [5.74, 6) is 1.23. The van der Waals surface area contributed by atoms with E-state index in [2.05, 4.69) is 0 Å². The van der Waals surface area contributed by atoms with Crippen LogP contribution in [-0.4, -0.2) is 41.2 Å². The van der Waals surface area contributed by atoms with Gasteiger partial charge in [-0.1, -0.05) is 0 Å². The molecular weight excluding hydrogens is 308 g/mol. The summed E-state index contributed by atoms with van der Waals surface area (Å²) in [4.78, 5) is 28.6. The summed E-state index contributed by atoms with van der Waals surface area (Å²) in [7, 11) is 0. The molecule has 6 nitrogen and oxygen atoms in total. The number of likely N-dealkylation sites (tertiary alicyclic amines) is 1. The van der Waals surface area contributed by atoms with E-state index in [-0.39, 0.29) is 11.8 Å². The summed E-state index contributed by atoms with van der Waals surface area (Å²) in [5, 5.41) is 0.